The molecule has 2 aromatic heterocycles. The van der Waals surface area contributed by atoms with Gasteiger partial charge in [0.15, 0.2) is 0 Å². The molecule has 0 aliphatic rings. The van der Waals surface area contributed by atoms with Gasteiger partial charge in [-0.1, -0.05) is 19.4 Å². The van der Waals surface area contributed by atoms with Crippen LogP contribution in [0.15, 0.2) is 22.9 Å². The molecule has 92 valence electrons. The molecule has 0 aliphatic heterocycles. The molecule has 0 saturated carbocycles. The first kappa shape index (κ1) is 12.7. The Labute approximate surface area is 111 Å². The van der Waals surface area contributed by atoms with Gasteiger partial charge >= 0.3 is 0 Å². The van der Waals surface area contributed by atoms with Gasteiger partial charge in [0.25, 0.3) is 0 Å². The number of hydrogen-bond donors (Lipinski definition) is 1. The minimum absolute atomic E-state index is 1.04. The summed E-state index contributed by atoms with van der Waals surface area (Å²) in [5.41, 5.74) is 1.13. The van der Waals surface area contributed by atoms with Crippen molar-refractivity contribution in [2.45, 2.75) is 26.2 Å². The van der Waals surface area contributed by atoms with Crippen LogP contribution in [0.1, 0.15) is 24.8 Å². The van der Waals surface area contributed by atoms with E-state index in [1.807, 2.05) is 0 Å². The van der Waals surface area contributed by atoms with E-state index in [0.717, 1.165) is 25.2 Å². The minimum atomic E-state index is 1.04. The van der Waals surface area contributed by atoms with Crippen LogP contribution in [0.5, 0.6) is 0 Å². The van der Waals surface area contributed by atoms with Crippen molar-refractivity contribution in [3.05, 3.63) is 27.9 Å². The number of hydrogen-bond acceptors (Lipinski definition) is 4. The van der Waals surface area contributed by atoms with Crippen LogP contribution in [-0.2, 0) is 6.42 Å². The van der Waals surface area contributed by atoms with Gasteiger partial charge in [0.05, 0.1) is 15.6 Å². The van der Waals surface area contributed by atoms with Crippen molar-refractivity contribution >= 4 is 22.7 Å². The number of nitrogens with one attached hydrogen (secondary N) is 1. The molecule has 2 rings (SSSR count). The van der Waals surface area contributed by atoms with Crippen LogP contribution in [0.3, 0.4) is 0 Å². The fourth-order valence-electron chi connectivity index (χ4n) is 1.59. The van der Waals surface area contributed by atoms with Gasteiger partial charge < -0.3 is 5.32 Å². The fraction of sp³-hybridized carbons (Fsp3) is 0.462. The maximum Gasteiger partial charge on any atom is 0.0945 e. The largest absolute Gasteiger partial charge is 0.316 e. The summed E-state index contributed by atoms with van der Waals surface area (Å²) in [6, 6.07) is 4.20. The lowest BCUT2D eigenvalue weighted by atomic mass is 10.3. The SMILES string of the molecule is CCCCNCCc1nc(-c2cccs2)cs1. The molecule has 0 fully saturated rings. The quantitative estimate of drug-likeness (QED) is 0.771. The zero-order valence-corrected chi connectivity index (χ0v) is 11.7. The van der Waals surface area contributed by atoms with Crippen LogP contribution >= 0.6 is 22.7 Å². The predicted molar refractivity (Wildman–Crippen MR) is 76.9 cm³/mol. The summed E-state index contributed by atoms with van der Waals surface area (Å²) in [7, 11) is 0. The molecule has 0 aromatic carbocycles. The van der Waals surface area contributed by atoms with Crippen molar-refractivity contribution in [2.24, 2.45) is 0 Å². The van der Waals surface area contributed by atoms with Crippen molar-refractivity contribution in [3.63, 3.8) is 0 Å². The molecule has 4 heteroatoms. The lowest BCUT2D eigenvalue weighted by Gasteiger charge is -2.00. The highest BCUT2D eigenvalue weighted by Crippen LogP contribution is 2.25. The third-order valence-electron chi connectivity index (χ3n) is 2.55. The van der Waals surface area contributed by atoms with E-state index in [4.69, 9.17) is 0 Å². The van der Waals surface area contributed by atoms with E-state index in [2.05, 4.69) is 40.1 Å². The topological polar surface area (TPSA) is 24.9 Å². The van der Waals surface area contributed by atoms with Crippen LogP contribution in [0, 0.1) is 0 Å². The number of aromatic nitrogens is 1. The predicted octanol–water partition coefficient (Wildman–Crippen LogP) is 3.80. The van der Waals surface area contributed by atoms with Crippen molar-refractivity contribution < 1.29 is 0 Å². The molecule has 0 saturated heterocycles. The lowest BCUT2D eigenvalue weighted by molar-refractivity contribution is 0.639. The van der Waals surface area contributed by atoms with Crippen molar-refractivity contribution in [1.82, 2.24) is 10.3 Å². The Hall–Kier alpha value is -0.710. The van der Waals surface area contributed by atoms with E-state index in [-0.39, 0.29) is 0 Å². The number of thiophene rings is 1. The zero-order valence-electron chi connectivity index (χ0n) is 10.1. The molecular formula is C13H18N2S2. The van der Waals surface area contributed by atoms with Gasteiger partial charge in [0, 0.05) is 18.3 Å². The third-order valence-corrected chi connectivity index (χ3v) is 4.35. The highest BCUT2D eigenvalue weighted by atomic mass is 32.1. The summed E-state index contributed by atoms with van der Waals surface area (Å²) in [5, 5.41) is 8.94. The van der Waals surface area contributed by atoms with Crippen molar-refractivity contribution in [2.75, 3.05) is 13.1 Å². The first-order valence-electron chi connectivity index (χ1n) is 6.09. The fourth-order valence-corrected chi connectivity index (χ4v) is 3.14. The van der Waals surface area contributed by atoms with Crippen molar-refractivity contribution in [3.8, 4) is 10.6 Å². The maximum absolute atomic E-state index is 4.66. The van der Waals surface area contributed by atoms with Gasteiger partial charge in [-0.2, -0.15) is 0 Å². The Kier molecular flexibility index (Phi) is 5.16. The molecule has 0 spiro atoms. The Morgan fingerprint density at radius 2 is 2.24 bits per heavy atom. The summed E-state index contributed by atoms with van der Waals surface area (Å²) >= 11 is 3.52. The molecule has 2 aromatic rings. The first-order valence-corrected chi connectivity index (χ1v) is 7.85. The lowest BCUT2D eigenvalue weighted by Crippen LogP contribution is -2.18. The standard InChI is InChI=1S/C13H18N2S2/c1-2-3-7-14-8-6-13-15-11(10-17-13)12-5-4-9-16-12/h4-5,9-10,14H,2-3,6-8H2,1H3. The molecule has 0 amide bonds. The molecule has 1 N–H and O–H groups in total. The minimum Gasteiger partial charge on any atom is -0.316 e. The summed E-state index contributed by atoms with van der Waals surface area (Å²) in [6.07, 6.45) is 3.56. The summed E-state index contributed by atoms with van der Waals surface area (Å²) in [5.74, 6) is 0. The van der Waals surface area contributed by atoms with E-state index in [1.165, 1.54) is 22.7 Å². The second-order valence-electron chi connectivity index (χ2n) is 3.96. The van der Waals surface area contributed by atoms with Gasteiger partial charge in [0.1, 0.15) is 0 Å². The monoisotopic (exact) mass is 266 g/mol. The van der Waals surface area contributed by atoms with Crippen molar-refractivity contribution in [1.29, 1.82) is 0 Å². The molecular weight excluding hydrogens is 248 g/mol. The van der Waals surface area contributed by atoms with E-state index >= 15 is 0 Å². The molecule has 0 unspecified atom stereocenters. The van der Waals surface area contributed by atoms with Gasteiger partial charge in [-0.25, -0.2) is 4.98 Å². The molecule has 17 heavy (non-hydrogen) atoms. The van der Waals surface area contributed by atoms with Gasteiger partial charge in [0.2, 0.25) is 0 Å². The van der Waals surface area contributed by atoms with E-state index in [1.54, 1.807) is 22.7 Å². The highest BCUT2D eigenvalue weighted by molar-refractivity contribution is 7.14. The van der Waals surface area contributed by atoms with Crippen LogP contribution in [0.2, 0.25) is 0 Å². The number of thiazole rings is 1. The normalized spacial score (nSPS) is 10.9. The zero-order chi connectivity index (χ0) is 11.9. The second-order valence-corrected chi connectivity index (χ2v) is 5.85. The molecule has 2 nitrogen and oxygen atoms in total. The van der Waals surface area contributed by atoms with E-state index < -0.39 is 0 Å². The Morgan fingerprint density at radius 3 is 3.00 bits per heavy atom. The Bertz CT molecular complexity index is 420. The molecule has 0 aliphatic carbocycles. The molecule has 0 bridgehead atoms. The third kappa shape index (κ3) is 3.91. The first-order chi connectivity index (χ1) is 8.40. The summed E-state index contributed by atoms with van der Waals surface area (Å²) in [4.78, 5) is 5.93. The molecule has 0 atom stereocenters. The molecule has 0 radical (unpaired) electrons. The van der Waals surface area contributed by atoms with Crippen LogP contribution < -0.4 is 5.32 Å². The van der Waals surface area contributed by atoms with Gasteiger partial charge in [-0.05, 0) is 24.4 Å². The summed E-state index contributed by atoms with van der Waals surface area (Å²) < 4.78 is 0. The highest BCUT2D eigenvalue weighted by Gasteiger charge is 2.04. The van der Waals surface area contributed by atoms with E-state index in [9.17, 15) is 0 Å². The molecule has 2 heterocycles. The van der Waals surface area contributed by atoms with Crippen LogP contribution in [0.4, 0.5) is 0 Å². The Morgan fingerprint density at radius 1 is 1.29 bits per heavy atom. The van der Waals surface area contributed by atoms with Crippen LogP contribution in [0.25, 0.3) is 10.6 Å². The Balaban J connectivity index is 1.79. The smallest absolute Gasteiger partial charge is 0.0945 e. The van der Waals surface area contributed by atoms with Crippen LogP contribution in [-0.4, -0.2) is 18.1 Å². The number of nitrogens with zero attached hydrogens (tertiary/aromatic N) is 1. The average molecular weight is 266 g/mol. The second kappa shape index (κ2) is 6.89. The van der Waals surface area contributed by atoms with Gasteiger partial charge in [-0.3, -0.25) is 0 Å². The maximum atomic E-state index is 4.66. The average Bonchev–Trinajstić information content (AvgIpc) is 2.99. The summed E-state index contributed by atoms with van der Waals surface area (Å²) in [6.45, 7) is 4.38. The number of rotatable bonds is 7. The number of unbranched alkanes of at least 4 members (excludes halogenated alkanes) is 1. The van der Waals surface area contributed by atoms with E-state index in [0.29, 0.717) is 0 Å². The van der Waals surface area contributed by atoms with Gasteiger partial charge in [-0.15, -0.1) is 22.7 Å².